The molecule has 0 saturated heterocycles. The summed E-state index contributed by atoms with van der Waals surface area (Å²) >= 11 is 12.1. The molecule has 0 saturated carbocycles. The number of hydrogen-bond acceptors (Lipinski definition) is 2. The predicted octanol–water partition coefficient (Wildman–Crippen LogP) is 2.85. The molecule has 0 aliphatic carbocycles. The summed E-state index contributed by atoms with van der Waals surface area (Å²) in [7, 11) is 0. The zero-order valence-corrected chi connectivity index (χ0v) is 11.3. The van der Waals surface area contributed by atoms with E-state index in [0.717, 1.165) is 5.56 Å². The van der Waals surface area contributed by atoms with Gasteiger partial charge in [0.2, 0.25) is 0 Å². The van der Waals surface area contributed by atoms with Gasteiger partial charge in [0, 0.05) is 11.2 Å². The first-order valence-electron chi connectivity index (χ1n) is 5.64. The van der Waals surface area contributed by atoms with E-state index >= 15 is 0 Å². The van der Waals surface area contributed by atoms with Crippen molar-refractivity contribution in [3.63, 3.8) is 0 Å². The molecule has 19 heavy (non-hydrogen) atoms. The topological polar surface area (TPSA) is 39.3 Å². The van der Waals surface area contributed by atoms with Gasteiger partial charge in [0.15, 0.2) is 5.65 Å². The first-order valence-corrected chi connectivity index (χ1v) is 6.39. The fraction of sp³-hybridized carbons (Fsp3) is 0.0769. The smallest absolute Gasteiger partial charge is 0.249 e. The summed E-state index contributed by atoms with van der Waals surface area (Å²) < 4.78 is 2.77. The number of hydrogen-bond donors (Lipinski definition) is 0. The summed E-state index contributed by atoms with van der Waals surface area (Å²) in [4.78, 5) is 12.2. The molecule has 0 spiro atoms. The molecular weight excluding hydrogens is 285 g/mol. The molecule has 2 heterocycles. The molecule has 6 heteroatoms. The van der Waals surface area contributed by atoms with E-state index in [4.69, 9.17) is 23.2 Å². The lowest BCUT2D eigenvalue weighted by Gasteiger charge is -2.02. The average Bonchev–Trinajstić information content (AvgIpc) is 2.72. The minimum absolute atomic E-state index is 0.239. The Balaban J connectivity index is 2.12. The zero-order valence-electron chi connectivity index (χ0n) is 9.75. The third-order valence-corrected chi connectivity index (χ3v) is 3.50. The number of fused-ring (bicyclic) bond motifs is 1. The summed E-state index contributed by atoms with van der Waals surface area (Å²) in [6.45, 7) is 0.316. The Morgan fingerprint density at radius 1 is 1.05 bits per heavy atom. The lowest BCUT2D eigenvalue weighted by molar-refractivity contribution is 0.659. The van der Waals surface area contributed by atoms with Crippen LogP contribution in [0.3, 0.4) is 0 Å². The Morgan fingerprint density at radius 2 is 1.79 bits per heavy atom. The molecular formula is C13H9Cl2N3O. The van der Waals surface area contributed by atoms with Crippen LogP contribution in [0.25, 0.3) is 5.65 Å². The molecule has 0 unspecified atom stereocenters. The van der Waals surface area contributed by atoms with Gasteiger partial charge in [-0.25, -0.2) is 13.9 Å². The highest BCUT2D eigenvalue weighted by Crippen LogP contribution is 2.16. The molecule has 2 aromatic heterocycles. The van der Waals surface area contributed by atoms with Crippen LogP contribution in [-0.2, 0) is 6.54 Å². The summed E-state index contributed by atoms with van der Waals surface area (Å²) in [5, 5.41) is 5.28. The van der Waals surface area contributed by atoms with Crippen LogP contribution in [0, 0.1) is 0 Å². The lowest BCUT2D eigenvalue weighted by atomic mass is 10.2. The summed E-state index contributed by atoms with van der Waals surface area (Å²) in [5.74, 6) is 0. The third kappa shape index (κ3) is 2.13. The Labute approximate surface area is 118 Å². The molecule has 3 aromatic rings. The van der Waals surface area contributed by atoms with Crippen LogP contribution in [0.4, 0.5) is 0 Å². The highest BCUT2D eigenvalue weighted by molar-refractivity contribution is 6.33. The van der Waals surface area contributed by atoms with E-state index in [1.807, 2.05) is 18.2 Å². The molecule has 0 radical (unpaired) electrons. The molecule has 96 valence electrons. The van der Waals surface area contributed by atoms with Crippen LogP contribution in [0.2, 0.25) is 10.0 Å². The SMILES string of the molecule is O=c1n(Cc2ccccc2Cl)nc2c(Cl)cccn12. The normalized spacial score (nSPS) is 11.1. The second-order valence-corrected chi connectivity index (χ2v) is 4.90. The van der Waals surface area contributed by atoms with E-state index in [1.54, 1.807) is 24.4 Å². The maximum absolute atomic E-state index is 12.2. The minimum Gasteiger partial charge on any atom is -0.249 e. The number of nitrogens with zero attached hydrogens (tertiary/aromatic N) is 3. The maximum Gasteiger partial charge on any atom is 0.350 e. The van der Waals surface area contributed by atoms with Gasteiger partial charge < -0.3 is 0 Å². The summed E-state index contributed by atoms with van der Waals surface area (Å²) in [6, 6.07) is 10.8. The first-order chi connectivity index (χ1) is 9.16. The van der Waals surface area contributed by atoms with Gasteiger partial charge in [0.25, 0.3) is 0 Å². The fourth-order valence-electron chi connectivity index (χ4n) is 1.90. The molecule has 0 atom stereocenters. The number of benzene rings is 1. The van der Waals surface area contributed by atoms with Crippen molar-refractivity contribution >= 4 is 28.8 Å². The Hall–Kier alpha value is -1.78. The standard InChI is InChI=1S/C13H9Cl2N3O/c14-10-5-2-1-4-9(10)8-18-13(19)17-7-3-6-11(15)12(17)16-18/h1-7H,8H2. The number of rotatable bonds is 2. The molecule has 0 bridgehead atoms. The van der Waals surface area contributed by atoms with Crippen molar-refractivity contribution in [2.45, 2.75) is 6.54 Å². The van der Waals surface area contributed by atoms with Crippen molar-refractivity contribution in [1.82, 2.24) is 14.2 Å². The van der Waals surface area contributed by atoms with E-state index in [-0.39, 0.29) is 5.69 Å². The van der Waals surface area contributed by atoms with Crippen molar-refractivity contribution < 1.29 is 0 Å². The fourth-order valence-corrected chi connectivity index (χ4v) is 2.29. The van der Waals surface area contributed by atoms with Crippen LogP contribution in [0.5, 0.6) is 0 Å². The average molecular weight is 294 g/mol. The number of halogens is 2. The Morgan fingerprint density at radius 3 is 2.53 bits per heavy atom. The third-order valence-electron chi connectivity index (χ3n) is 2.84. The molecule has 1 aromatic carbocycles. The predicted molar refractivity (Wildman–Crippen MR) is 75.0 cm³/mol. The van der Waals surface area contributed by atoms with Crippen LogP contribution < -0.4 is 5.69 Å². The second-order valence-electron chi connectivity index (χ2n) is 4.08. The van der Waals surface area contributed by atoms with Crippen molar-refractivity contribution in [1.29, 1.82) is 0 Å². The van der Waals surface area contributed by atoms with Crippen LogP contribution in [0.15, 0.2) is 47.4 Å². The van der Waals surface area contributed by atoms with Crippen LogP contribution >= 0.6 is 23.2 Å². The Kier molecular flexibility index (Phi) is 3.05. The first kappa shape index (κ1) is 12.3. The number of pyridine rings is 1. The highest BCUT2D eigenvalue weighted by Gasteiger charge is 2.10. The summed E-state index contributed by atoms with van der Waals surface area (Å²) in [6.07, 6.45) is 1.64. The van der Waals surface area contributed by atoms with Gasteiger partial charge >= 0.3 is 5.69 Å². The van der Waals surface area contributed by atoms with Gasteiger partial charge in [0.1, 0.15) is 0 Å². The number of aromatic nitrogens is 3. The van der Waals surface area contributed by atoms with E-state index in [1.165, 1.54) is 9.08 Å². The van der Waals surface area contributed by atoms with Gasteiger partial charge in [-0.15, -0.1) is 5.10 Å². The zero-order chi connectivity index (χ0) is 13.4. The largest absolute Gasteiger partial charge is 0.350 e. The molecule has 0 N–H and O–H groups in total. The van der Waals surface area contributed by atoms with Gasteiger partial charge in [-0.1, -0.05) is 41.4 Å². The van der Waals surface area contributed by atoms with E-state index in [2.05, 4.69) is 5.10 Å². The Bertz CT molecular complexity index is 807. The minimum atomic E-state index is -0.239. The van der Waals surface area contributed by atoms with Gasteiger partial charge in [0.05, 0.1) is 11.6 Å². The van der Waals surface area contributed by atoms with E-state index < -0.39 is 0 Å². The molecule has 0 aliphatic heterocycles. The van der Waals surface area contributed by atoms with Crippen molar-refractivity contribution in [3.05, 3.63) is 68.7 Å². The van der Waals surface area contributed by atoms with Gasteiger partial charge in [-0.05, 0) is 23.8 Å². The van der Waals surface area contributed by atoms with E-state index in [0.29, 0.717) is 22.2 Å². The highest BCUT2D eigenvalue weighted by atomic mass is 35.5. The second kappa shape index (κ2) is 4.72. The summed E-state index contributed by atoms with van der Waals surface area (Å²) in [5.41, 5.74) is 1.05. The molecule has 0 aliphatic rings. The van der Waals surface area contributed by atoms with Crippen LogP contribution in [-0.4, -0.2) is 14.2 Å². The quantitative estimate of drug-likeness (QED) is 0.729. The molecule has 0 fully saturated rings. The molecule has 0 amide bonds. The van der Waals surface area contributed by atoms with Crippen molar-refractivity contribution in [2.24, 2.45) is 0 Å². The van der Waals surface area contributed by atoms with Crippen LogP contribution in [0.1, 0.15) is 5.56 Å². The maximum atomic E-state index is 12.2. The molecule has 3 rings (SSSR count). The van der Waals surface area contributed by atoms with E-state index in [9.17, 15) is 4.79 Å². The van der Waals surface area contributed by atoms with Gasteiger partial charge in [-0.3, -0.25) is 0 Å². The lowest BCUT2D eigenvalue weighted by Crippen LogP contribution is -2.21. The van der Waals surface area contributed by atoms with Crippen molar-refractivity contribution in [2.75, 3.05) is 0 Å². The van der Waals surface area contributed by atoms with Gasteiger partial charge in [-0.2, -0.15) is 0 Å². The molecule has 4 nitrogen and oxygen atoms in total. The van der Waals surface area contributed by atoms with Crippen molar-refractivity contribution in [3.8, 4) is 0 Å². The monoisotopic (exact) mass is 293 g/mol.